The average Bonchev–Trinajstić information content (AvgIpc) is 3.19. The van der Waals surface area contributed by atoms with Crippen molar-refractivity contribution in [1.82, 2.24) is 25.2 Å². The second-order valence-electron chi connectivity index (χ2n) is 13.2. The Hall–Kier alpha value is -6.80. The third-order valence-electron chi connectivity index (χ3n) is 9.64. The number of pyridine rings is 3. The lowest BCUT2D eigenvalue weighted by molar-refractivity contribution is -0.133. The number of ether oxygens (including phenoxy) is 1. The first-order valence-electron chi connectivity index (χ1n) is 17.7. The van der Waals surface area contributed by atoms with Gasteiger partial charge in [-0.25, -0.2) is 4.98 Å². The van der Waals surface area contributed by atoms with E-state index in [2.05, 4.69) is 57.9 Å². The van der Waals surface area contributed by atoms with E-state index in [1.165, 1.54) is 7.11 Å². The molecule has 3 amide bonds. The van der Waals surface area contributed by atoms with Gasteiger partial charge in [-0.3, -0.25) is 29.5 Å². The molecule has 270 valence electrons. The first-order valence-corrected chi connectivity index (χ1v) is 17.7. The highest BCUT2D eigenvalue weighted by atomic mass is 16.5. The minimum Gasteiger partial charge on any atom is -0.494 e. The zero-order valence-corrected chi connectivity index (χ0v) is 30.4. The second kappa shape index (κ2) is 15.0. The molecule has 1 unspecified atom stereocenters. The summed E-state index contributed by atoms with van der Waals surface area (Å²) in [6.07, 6.45) is 4.99. The van der Waals surface area contributed by atoms with E-state index in [1.807, 2.05) is 62.6 Å². The van der Waals surface area contributed by atoms with Crippen molar-refractivity contribution in [3.05, 3.63) is 118 Å². The first-order chi connectivity index (χ1) is 26.1. The van der Waals surface area contributed by atoms with Gasteiger partial charge in [0.1, 0.15) is 6.04 Å². The van der Waals surface area contributed by atoms with Crippen LogP contribution >= 0.6 is 0 Å². The van der Waals surface area contributed by atoms with Gasteiger partial charge in [0.05, 0.1) is 24.9 Å². The number of carbonyl (C=O) groups excluding carboxylic acids is 3. The highest BCUT2D eigenvalue weighted by molar-refractivity contribution is 6.06. The van der Waals surface area contributed by atoms with E-state index in [0.717, 1.165) is 44.8 Å². The minimum atomic E-state index is -0.497. The van der Waals surface area contributed by atoms with Gasteiger partial charge in [0, 0.05) is 59.0 Å². The fourth-order valence-electron chi connectivity index (χ4n) is 6.75. The molecule has 3 N–H and O–H groups in total. The summed E-state index contributed by atoms with van der Waals surface area (Å²) in [5.41, 5.74) is 7.65. The molecule has 0 radical (unpaired) electrons. The molecule has 1 fully saturated rings. The molecule has 1 atom stereocenters. The Morgan fingerprint density at radius 3 is 2.61 bits per heavy atom. The molecule has 0 bridgehead atoms. The van der Waals surface area contributed by atoms with Crippen LogP contribution in [0.3, 0.4) is 0 Å². The number of hydrogen-bond donors (Lipinski definition) is 3. The van der Waals surface area contributed by atoms with E-state index in [-0.39, 0.29) is 36.0 Å². The predicted molar refractivity (Wildman–Crippen MR) is 209 cm³/mol. The van der Waals surface area contributed by atoms with Gasteiger partial charge in [-0.1, -0.05) is 49.1 Å². The zero-order valence-electron chi connectivity index (χ0n) is 30.4. The summed E-state index contributed by atoms with van der Waals surface area (Å²) < 4.78 is 7.30. The lowest BCUT2D eigenvalue weighted by Crippen LogP contribution is -2.47. The molecule has 1 aliphatic heterocycles. The number of benzene rings is 3. The van der Waals surface area contributed by atoms with Gasteiger partial charge in [0.25, 0.3) is 11.5 Å². The molecule has 0 aliphatic carbocycles. The van der Waals surface area contributed by atoms with Crippen molar-refractivity contribution in [2.75, 3.05) is 19.0 Å². The van der Waals surface area contributed by atoms with Crippen molar-refractivity contribution in [3.63, 3.8) is 0 Å². The quantitative estimate of drug-likeness (QED) is 0.135. The number of amides is 3. The van der Waals surface area contributed by atoms with Crippen LogP contribution in [0.15, 0.2) is 90.0 Å². The van der Waals surface area contributed by atoms with Gasteiger partial charge in [-0.15, -0.1) is 0 Å². The Bertz CT molecular complexity index is 2620. The molecule has 11 nitrogen and oxygen atoms in total. The Morgan fingerprint density at radius 1 is 0.981 bits per heavy atom. The van der Waals surface area contributed by atoms with Crippen LogP contribution in [-0.2, 0) is 23.1 Å². The number of carbonyl (C=O) groups is 3. The number of methoxy groups -OCH3 is 1. The lowest BCUT2D eigenvalue weighted by atomic mass is 9.93. The van der Waals surface area contributed by atoms with Crippen LogP contribution in [0.25, 0.3) is 44.1 Å². The molecule has 3 aromatic carbocycles. The number of anilines is 1. The van der Waals surface area contributed by atoms with Crippen LogP contribution in [0.5, 0.6) is 5.75 Å². The number of piperidine rings is 1. The molecule has 11 heteroatoms. The Morgan fingerprint density at radius 2 is 1.81 bits per heavy atom. The van der Waals surface area contributed by atoms with Crippen molar-refractivity contribution in [3.8, 4) is 40.0 Å². The molecule has 1 saturated heterocycles. The molecule has 6 aromatic rings. The van der Waals surface area contributed by atoms with E-state index >= 15 is 0 Å². The van der Waals surface area contributed by atoms with Crippen molar-refractivity contribution < 1.29 is 19.1 Å². The van der Waals surface area contributed by atoms with Crippen LogP contribution in [0.2, 0.25) is 0 Å². The van der Waals surface area contributed by atoms with Crippen molar-refractivity contribution in [1.29, 1.82) is 0 Å². The van der Waals surface area contributed by atoms with Gasteiger partial charge in [-0.2, -0.15) is 0 Å². The van der Waals surface area contributed by atoms with Crippen LogP contribution in [0.1, 0.15) is 46.9 Å². The van der Waals surface area contributed by atoms with Gasteiger partial charge in [-0.05, 0) is 84.3 Å². The SMILES string of the molecule is CCc1cc(-c2cccc3cc(-c4cnc(C(=O)NCC#Cc5cccc(NC6CCC(=O)NC6=O)c5)c(OC)c4)ncc23)c2cc(C)c(=O)n(C)c2c1. The summed E-state index contributed by atoms with van der Waals surface area (Å²) in [6, 6.07) is 22.9. The maximum atomic E-state index is 13.1. The van der Waals surface area contributed by atoms with Crippen LogP contribution in [-0.4, -0.2) is 52.0 Å². The van der Waals surface area contributed by atoms with Gasteiger partial charge in [0.2, 0.25) is 11.8 Å². The largest absolute Gasteiger partial charge is 0.494 e. The molecule has 54 heavy (non-hydrogen) atoms. The zero-order chi connectivity index (χ0) is 37.9. The number of aromatic nitrogens is 3. The number of nitrogens with one attached hydrogen (secondary N) is 3. The van der Waals surface area contributed by atoms with E-state index in [1.54, 1.807) is 22.9 Å². The van der Waals surface area contributed by atoms with E-state index in [9.17, 15) is 19.2 Å². The number of nitrogens with zero attached hydrogens (tertiary/aromatic N) is 3. The number of hydrogen-bond acceptors (Lipinski definition) is 8. The van der Waals surface area contributed by atoms with Crippen molar-refractivity contribution in [2.45, 2.75) is 39.2 Å². The summed E-state index contributed by atoms with van der Waals surface area (Å²) in [5.74, 6) is 5.22. The fourth-order valence-corrected chi connectivity index (χ4v) is 6.75. The third-order valence-corrected chi connectivity index (χ3v) is 9.64. The number of fused-ring (bicyclic) bond motifs is 2. The smallest absolute Gasteiger partial charge is 0.274 e. The van der Waals surface area contributed by atoms with E-state index in [0.29, 0.717) is 40.2 Å². The molecule has 1 aliphatic rings. The van der Waals surface area contributed by atoms with Gasteiger partial charge >= 0.3 is 0 Å². The summed E-state index contributed by atoms with van der Waals surface area (Å²) in [6.45, 7) is 4.02. The highest BCUT2D eigenvalue weighted by Crippen LogP contribution is 2.36. The predicted octanol–water partition coefficient (Wildman–Crippen LogP) is 5.69. The van der Waals surface area contributed by atoms with E-state index in [4.69, 9.17) is 9.72 Å². The molecular weight excluding hydrogens is 681 g/mol. The fraction of sp³-hybridized carbons (Fsp3) is 0.209. The molecular formula is C43H38N6O5. The minimum absolute atomic E-state index is 0.00627. The number of aryl methyl sites for hydroxylation is 3. The van der Waals surface area contributed by atoms with Crippen molar-refractivity contribution >= 4 is 45.1 Å². The van der Waals surface area contributed by atoms with E-state index < -0.39 is 11.9 Å². The van der Waals surface area contributed by atoms with Crippen LogP contribution in [0, 0.1) is 18.8 Å². The Kier molecular flexibility index (Phi) is 9.92. The maximum Gasteiger partial charge on any atom is 0.274 e. The van der Waals surface area contributed by atoms with Crippen molar-refractivity contribution in [2.24, 2.45) is 7.05 Å². The molecule has 3 aromatic heterocycles. The number of rotatable bonds is 8. The second-order valence-corrected chi connectivity index (χ2v) is 13.2. The summed E-state index contributed by atoms with van der Waals surface area (Å²) in [5, 5.41) is 11.2. The Labute approximate surface area is 311 Å². The monoisotopic (exact) mass is 718 g/mol. The number of imide groups is 1. The molecule has 7 rings (SSSR count). The topological polar surface area (TPSA) is 144 Å². The highest BCUT2D eigenvalue weighted by Gasteiger charge is 2.26. The molecule has 0 saturated carbocycles. The average molecular weight is 719 g/mol. The molecule has 0 spiro atoms. The van der Waals surface area contributed by atoms with Crippen LogP contribution in [0.4, 0.5) is 5.69 Å². The third kappa shape index (κ3) is 7.14. The normalized spacial score (nSPS) is 14.0. The van der Waals surface area contributed by atoms with Crippen LogP contribution < -0.4 is 26.2 Å². The van der Waals surface area contributed by atoms with Gasteiger partial charge < -0.3 is 19.9 Å². The lowest BCUT2D eigenvalue weighted by Gasteiger charge is -2.22. The Balaban J connectivity index is 1.08. The standard InChI is InChI=1S/C43H38N6O5/c1-5-26-19-32(33-17-25(2)43(53)49(3)37(33)20-26)31-13-7-11-28-21-36(45-24-34(28)31)29-22-38(54-4)40(46-23-29)42(52)44-16-8-10-27-9-6-12-30(18-27)47-35-14-15-39(50)48-41(35)51/h6-7,9,11-13,17-24,35,47H,5,14-16H2,1-4H3,(H,44,52)(H,48,50,51). The summed E-state index contributed by atoms with van der Waals surface area (Å²) in [4.78, 5) is 58.7. The first kappa shape index (κ1) is 35.6. The maximum absolute atomic E-state index is 13.1. The van der Waals surface area contributed by atoms with Gasteiger partial charge in [0.15, 0.2) is 11.4 Å². The molecule has 4 heterocycles. The summed E-state index contributed by atoms with van der Waals surface area (Å²) in [7, 11) is 3.30. The summed E-state index contributed by atoms with van der Waals surface area (Å²) >= 11 is 0.